The van der Waals surface area contributed by atoms with E-state index in [1.165, 1.54) is 0 Å². The van der Waals surface area contributed by atoms with Crippen LogP contribution in [0.1, 0.15) is 6.92 Å². The van der Waals surface area contributed by atoms with E-state index in [9.17, 15) is 4.79 Å². The summed E-state index contributed by atoms with van der Waals surface area (Å²) in [6.07, 6.45) is -0.771. The van der Waals surface area contributed by atoms with Crippen LogP contribution < -0.4 is 5.73 Å². The molecule has 1 amide bonds. The maximum absolute atomic E-state index is 10.2. The zero-order valence-electron chi connectivity index (χ0n) is 8.69. The van der Waals surface area contributed by atoms with Crippen molar-refractivity contribution < 1.29 is 19.1 Å². The van der Waals surface area contributed by atoms with E-state index < -0.39 is 6.09 Å². The third-order valence-corrected chi connectivity index (χ3v) is 1.39. The topological polar surface area (TPSA) is 74.0 Å². The summed E-state index contributed by atoms with van der Waals surface area (Å²) in [4.78, 5) is 15.4. The monoisotopic (exact) mass is 206 g/mol. The number of ether oxygens (including phenoxy) is 2. The van der Waals surface area contributed by atoms with Crippen molar-refractivity contribution >= 4 is 6.09 Å². The Morgan fingerprint density at radius 1 is 1.36 bits per heavy atom. The smallest absolute Gasteiger partial charge is 0.404 e. The van der Waals surface area contributed by atoms with Crippen LogP contribution in [0.25, 0.3) is 0 Å². The quantitative estimate of drug-likeness (QED) is 0.446. The highest BCUT2D eigenvalue weighted by molar-refractivity contribution is 5.64. The minimum Gasteiger partial charge on any atom is -0.448 e. The fourth-order valence-electron chi connectivity index (χ4n) is 0.736. The summed E-state index contributed by atoms with van der Waals surface area (Å²) in [5.41, 5.74) is 4.78. The van der Waals surface area contributed by atoms with E-state index in [0.717, 1.165) is 0 Å². The van der Waals surface area contributed by atoms with Gasteiger partial charge in [-0.2, -0.15) is 5.06 Å². The molecule has 0 aliphatic heterocycles. The normalized spacial score (nSPS) is 10.5. The number of hydroxylamine groups is 2. The lowest BCUT2D eigenvalue weighted by Gasteiger charge is -2.15. The highest BCUT2D eigenvalue weighted by Gasteiger charge is 1.99. The Morgan fingerprint density at radius 2 is 2.07 bits per heavy atom. The molecule has 0 fully saturated rings. The van der Waals surface area contributed by atoms with Crippen molar-refractivity contribution in [2.75, 3.05) is 40.0 Å². The van der Waals surface area contributed by atoms with E-state index in [0.29, 0.717) is 26.4 Å². The van der Waals surface area contributed by atoms with Crippen molar-refractivity contribution in [2.45, 2.75) is 6.92 Å². The number of hydrogen-bond donors (Lipinski definition) is 1. The van der Waals surface area contributed by atoms with Gasteiger partial charge in [-0.25, -0.2) is 4.79 Å². The van der Waals surface area contributed by atoms with Crippen molar-refractivity contribution in [3.8, 4) is 0 Å². The summed E-state index contributed by atoms with van der Waals surface area (Å²) in [7, 11) is 1.75. The van der Waals surface area contributed by atoms with Crippen molar-refractivity contribution in [2.24, 2.45) is 5.73 Å². The van der Waals surface area contributed by atoms with Gasteiger partial charge >= 0.3 is 6.09 Å². The molecule has 14 heavy (non-hydrogen) atoms. The first-order valence-corrected chi connectivity index (χ1v) is 4.50. The van der Waals surface area contributed by atoms with Gasteiger partial charge in [0, 0.05) is 13.7 Å². The Bertz CT molecular complexity index is 154. The van der Waals surface area contributed by atoms with Crippen molar-refractivity contribution in [1.29, 1.82) is 0 Å². The van der Waals surface area contributed by atoms with E-state index >= 15 is 0 Å². The molecule has 0 aromatic rings. The van der Waals surface area contributed by atoms with Gasteiger partial charge in [0.15, 0.2) is 0 Å². The van der Waals surface area contributed by atoms with Gasteiger partial charge in [0.25, 0.3) is 0 Å². The van der Waals surface area contributed by atoms with Gasteiger partial charge in [-0.1, -0.05) is 0 Å². The molecule has 0 spiro atoms. The fourth-order valence-corrected chi connectivity index (χ4v) is 0.736. The average molecular weight is 206 g/mol. The largest absolute Gasteiger partial charge is 0.448 e. The van der Waals surface area contributed by atoms with Gasteiger partial charge in [0.2, 0.25) is 0 Å². The predicted octanol–water partition coefficient (Wildman–Crippen LogP) is -0.0184. The lowest BCUT2D eigenvalue weighted by atomic mass is 10.7. The van der Waals surface area contributed by atoms with Crippen LogP contribution in [0, 0.1) is 0 Å². The maximum Gasteiger partial charge on any atom is 0.404 e. The molecule has 0 radical (unpaired) electrons. The molecule has 0 aromatic heterocycles. The third-order valence-electron chi connectivity index (χ3n) is 1.39. The molecule has 0 aliphatic carbocycles. The van der Waals surface area contributed by atoms with Gasteiger partial charge in [0.1, 0.15) is 6.61 Å². The van der Waals surface area contributed by atoms with Gasteiger partial charge in [-0.3, -0.25) is 4.84 Å². The van der Waals surface area contributed by atoms with Gasteiger partial charge in [-0.05, 0) is 6.92 Å². The van der Waals surface area contributed by atoms with Gasteiger partial charge in [-0.15, -0.1) is 0 Å². The first-order valence-electron chi connectivity index (χ1n) is 4.50. The molecule has 0 bridgehead atoms. The third kappa shape index (κ3) is 9.24. The molecule has 0 aromatic carbocycles. The van der Waals surface area contributed by atoms with E-state index in [-0.39, 0.29) is 6.61 Å². The Balaban J connectivity index is 3.19. The number of carbonyl (C=O) groups excluding carboxylic acids is 1. The van der Waals surface area contributed by atoms with E-state index in [1.807, 2.05) is 6.92 Å². The summed E-state index contributed by atoms with van der Waals surface area (Å²) in [5.74, 6) is 0. The second-order valence-electron chi connectivity index (χ2n) is 2.55. The standard InChI is InChI=1S/C8H18N2O4/c1-3-12-6-7-14-10(2)4-5-13-8(9)11/h3-7H2,1-2H3,(H2,9,11). The molecule has 0 heterocycles. The van der Waals surface area contributed by atoms with E-state index in [4.69, 9.17) is 15.3 Å². The first kappa shape index (κ1) is 13.2. The number of primary amides is 1. The Hall–Kier alpha value is -0.850. The number of likely N-dealkylation sites (N-methyl/N-ethyl adjacent to an activating group) is 1. The zero-order chi connectivity index (χ0) is 10.8. The van der Waals surface area contributed by atoms with Crippen LogP contribution in [0.4, 0.5) is 4.79 Å². The molecule has 0 saturated heterocycles. The molecular formula is C8H18N2O4. The minimum absolute atomic E-state index is 0.223. The number of rotatable bonds is 8. The predicted molar refractivity (Wildman–Crippen MR) is 50.6 cm³/mol. The van der Waals surface area contributed by atoms with Crippen LogP contribution >= 0.6 is 0 Å². The fraction of sp³-hybridized carbons (Fsp3) is 0.875. The highest BCUT2D eigenvalue weighted by Crippen LogP contribution is 1.86. The maximum atomic E-state index is 10.2. The van der Waals surface area contributed by atoms with Crippen LogP contribution in [0.5, 0.6) is 0 Å². The van der Waals surface area contributed by atoms with Crippen molar-refractivity contribution in [1.82, 2.24) is 5.06 Å². The second kappa shape index (κ2) is 8.74. The number of amides is 1. The summed E-state index contributed by atoms with van der Waals surface area (Å²) >= 11 is 0. The Morgan fingerprint density at radius 3 is 2.64 bits per heavy atom. The Kier molecular flexibility index (Phi) is 8.20. The lowest BCUT2D eigenvalue weighted by Crippen LogP contribution is -2.27. The number of carbonyl (C=O) groups is 1. The van der Waals surface area contributed by atoms with Gasteiger partial charge < -0.3 is 15.2 Å². The second-order valence-corrected chi connectivity index (χ2v) is 2.55. The molecule has 6 nitrogen and oxygen atoms in total. The molecule has 2 N–H and O–H groups in total. The summed E-state index contributed by atoms with van der Waals surface area (Å²) < 4.78 is 9.60. The molecular weight excluding hydrogens is 188 g/mol. The number of hydrogen-bond acceptors (Lipinski definition) is 5. The van der Waals surface area contributed by atoms with Crippen LogP contribution in [0.2, 0.25) is 0 Å². The molecule has 0 saturated carbocycles. The first-order chi connectivity index (χ1) is 6.66. The summed E-state index contributed by atoms with van der Waals surface area (Å²) in [5, 5.41) is 1.57. The Labute approximate surface area is 83.8 Å². The lowest BCUT2D eigenvalue weighted by molar-refractivity contribution is -0.155. The highest BCUT2D eigenvalue weighted by atomic mass is 16.7. The van der Waals surface area contributed by atoms with Crippen LogP contribution in [-0.4, -0.2) is 51.2 Å². The summed E-state index contributed by atoms with van der Waals surface area (Å²) in [6.45, 7) is 4.34. The van der Waals surface area contributed by atoms with Crippen LogP contribution in [0.15, 0.2) is 0 Å². The van der Waals surface area contributed by atoms with Gasteiger partial charge in [0.05, 0.1) is 19.8 Å². The molecule has 0 rings (SSSR count). The number of nitrogens with two attached hydrogens (primary N) is 1. The van der Waals surface area contributed by atoms with Crippen molar-refractivity contribution in [3.63, 3.8) is 0 Å². The minimum atomic E-state index is -0.771. The van der Waals surface area contributed by atoms with Crippen molar-refractivity contribution in [3.05, 3.63) is 0 Å². The molecule has 0 unspecified atom stereocenters. The molecule has 0 aliphatic rings. The van der Waals surface area contributed by atoms with E-state index in [1.54, 1.807) is 12.1 Å². The number of nitrogens with zero attached hydrogens (tertiary/aromatic N) is 1. The van der Waals surface area contributed by atoms with E-state index in [2.05, 4.69) is 4.74 Å². The molecule has 0 atom stereocenters. The average Bonchev–Trinajstić information content (AvgIpc) is 2.12. The SMILES string of the molecule is CCOCCON(C)CCOC(N)=O. The van der Waals surface area contributed by atoms with Crippen LogP contribution in [-0.2, 0) is 14.3 Å². The zero-order valence-corrected chi connectivity index (χ0v) is 8.69. The summed E-state index contributed by atoms with van der Waals surface area (Å²) in [6, 6.07) is 0. The molecule has 84 valence electrons. The van der Waals surface area contributed by atoms with Crippen LogP contribution in [0.3, 0.4) is 0 Å². The molecule has 6 heteroatoms.